The molecule has 0 aromatic carbocycles. The first kappa shape index (κ1) is 18.7. The van der Waals surface area contributed by atoms with Crippen LogP contribution >= 0.6 is 11.3 Å². The van der Waals surface area contributed by atoms with Crippen LogP contribution in [0.15, 0.2) is 24.4 Å². The first-order valence-electron chi connectivity index (χ1n) is 7.35. The number of nitrogens with zero attached hydrogens (tertiary/aromatic N) is 3. The highest BCUT2D eigenvalue weighted by Gasteiger charge is 2.19. The highest BCUT2D eigenvalue weighted by molar-refractivity contribution is 7.13. The van der Waals surface area contributed by atoms with Crippen LogP contribution < -0.4 is 0 Å². The van der Waals surface area contributed by atoms with Gasteiger partial charge < -0.3 is 9.64 Å². The fraction of sp³-hybridized carbons (Fsp3) is 0.471. The maximum absolute atomic E-state index is 12.0. The molecule has 1 aromatic heterocycles. The second kappa shape index (κ2) is 8.97. The Kier molecular flexibility index (Phi) is 7.31. The molecule has 0 spiro atoms. The fourth-order valence-corrected chi connectivity index (χ4v) is 2.77. The highest BCUT2D eigenvalue weighted by atomic mass is 32.1. The average Bonchev–Trinajstić information content (AvgIpc) is 2.92. The van der Waals surface area contributed by atoms with Crippen LogP contribution in [0.4, 0.5) is 0 Å². The van der Waals surface area contributed by atoms with Crippen LogP contribution in [-0.4, -0.2) is 29.6 Å². The van der Waals surface area contributed by atoms with Gasteiger partial charge in [0.2, 0.25) is 0 Å². The molecule has 0 fully saturated rings. The standard InChI is InChI=1S/C17H21N3O2S/c1-17(2,3)22-16(21)15-8-7-14(23-15)6-4-11-20(13-10-19)12-5-9-18/h5,7-8,12H,4,6,11,13H2,1-3H3. The number of allylic oxidation sites excluding steroid dienone is 1. The van der Waals surface area contributed by atoms with Crippen LogP contribution in [0.3, 0.4) is 0 Å². The minimum Gasteiger partial charge on any atom is -0.456 e. The number of esters is 1. The molecular weight excluding hydrogens is 310 g/mol. The quantitative estimate of drug-likeness (QED) is 0.434. The van der Waals surface area contributed by atoms with Crippen LogP contribution in [0, 0.1) is 22.7 Å². The second-order valence-corrected chi connectivity index (χ2v) is 7.11. The summed E-state index contributed by atoms with van der Waals surface area (Å²) >= 11 is 1.44. The number of rotatable bonds is 7. The summed E-state index contributed by atoms with van der Waals surface area (Å²) in [6.07, 6.45) is 4.65. The van der Waals surface area contributed by atoms with Crippen molar-refractivity contribution in [2.75, 3.05) is 13.1 Å². The lowest BCUT2D eigenvalue weighted by atomic mass is 10.2. The Bertz CT molecular complexity index is 629. The van der Waals surface area contributed by atoms with Crippen LogP contribution in [0.25, 0.3) is 0 Å². The lowest BCUT2D eigenvalue weighted by Gasteiger charge is -2.18. The lowest BCUT2D eigenvalue weighted by Crippen LogP contribution is -2.23. The summed E-state index contributed by atoms with van der Waals surface area (Å²) < 4.78 is 5.34. The van der Waals surface area contributed by atoms with Gasteiger partial charge in [-0.1, -0.05) is 0 Å². The van der Waals surface area contributed by atoms with Gasteiger partial charge in [-0.3, -0.25) is 0 Å². The predicted molar refractivity (Wildman–Crippen MR) is 89.7 cm³/mol. The predicted octanol–water partition coefficient (Wildman–Crippen LogP) is 3.50. The van der Waals surface area contributed by atoms with Crippen LogP contribution in [-0.2, 0) is 11.2 Å². The normalized spacial score (nSPS) is 11.0. The van der Waals surface area contributed by atoms with Crippen LogP contribution in [0.5, 0.6) is 0 Å². The molecule has 0 amide bonds. The summed E-state index contributed by atoms with van der Waals surface area (Å²) in [5.74, 6) is -0.295. The first-order chi connectivity index (χ1) is 10.9. The van der Waals surface area contributed by atoms with E-state index >= 15 is 0 Å². The van der Waals surface area contributed by atoms with E-state index in [0.717, 1.165) is 17.7 Å². The van der Waals surface area contributed by atoms with E-state index in [2.05, 4.69) is 6.07 Å². The number of thiophene rings is 1. The zero-order valence-corrected chi connectivity index (χ0v) is 14.5. The largest absolute Gasteiger partial charge is 0.456 e. The molecule has 0 bridgehead atoms. The zero-order chi connectivity index (χ0) is 17.3. The minimum atomic E-state index is -0.494. The number of hydrogen-bond donors (Lipinski definition) is 0. The van der Waals surface area contributed by atoms with Gasteiger partial charge in [-0.2, -0.15) is 10.5 Å². The third-order valence-corrected chi connectivity index (χ3v) is 3.89. The molecule has 122 valence electrons. The SMILES string of the molecule is CC(C)(C)OC(=O)c1ccc(CCCN(C=CC#N)CC#N)s1. The number of carbonyl (C=O) groups is 1. The van der Waals surface area contributed by atoms with E-state index in [9.17, 15) is 4.79 Å². The summed E-state index contributed by atoms with van der Waals surface area (Å²) in [6, 6.07) is 7.71. The molecule has 1 aromatic rings. The van der Waals surface area contributed by atoms with Crippen molar-refractivity contribution in [3.8, 4) is 12.1 Å². The Morgan fingerprint density at radius 1 is 1.39 bits per heavy atom. The van der Waals surface area contributed by atoms with Crippen molar-refractivity contribution in [2.45, 2.75) is 39.2 Å². The first-order valence-corrected chi connectivity index (χ1v) is 8.16. The summed E-state index contributed by atoms with van der Waals surface area (Å²) in [5.41, 5.74) is -0.494. The molecule has 0 unspecified atom stereocenters. The molecule has 0 aliphatic rings. The molecule has 0 aliphatic heterocycles. The van der Waals surface area contributed by atoms with Gasteiger partial charge in [-0.05, 0) is 45.7 Å². The third kappa shape index (κ3) is 7.49. The summed E-state index contributed by atoms with van der Waals surface area (Å²) in [4.78, 5) is 15.5. The van der Waals surface area contributed by atoms with Crippen molar-refractivity contribution in [1.29, 1.82) is 10.5 Å². The van der Waals surface area contributed by atoms with E-state index in [4.69, 9.17) is 15.3 Å². The molecule has 0 saturated heterocycles. The van der Waals surface area contributed by atoms with Gasteiger partial charge in [0.15, 0.2) is 0 Å². The molecule has 0 radical (unpaired) electrons. The van der Waals surface area contributed by atoms with E-state index in [-0.39, 0.29) is 12.5 Å². The van der Waals surface area contributed by atoms with Crippen molar-refractivity contribution in [2.24, 2.45) is 0 Å². The van der Waals surface area contributed by atoms with Gasteiger partial charge in [0, 0.05) is 23.7 Å². The van der Waals surface area contributed by atoms with Gasteiger partial charge in [0.1, 0.15) is 17.0 Å². The molecular formula is C17H21N3O2S. The molecule has 0 atom stereocenters. The Balaban J connectivity index is 2.50. The van der Waals surface area contributed by atoms with Gasteiger partial charge in [0.05, 0.1) is 12.1 Å². The Morgan fingerprint density at radius 2 is 2.13 bits per heavy atom. The molecule has 1 rings (SSSR count). The van der Waals surface area contributed by atoms with Crippen molar-refractivity contribution in [1.82, 2.24) is 4.90 Å². The Labute approximate surface area is 141 Å². The number of carbonyl (C=O) groups excluding carboxylic acids is 1. The molecule has 5 nitrogen and oxygen atoms in total. The molecule has 0 N–H and O–H groups in total. The van der Waals surface area contributed by atoms with E-state index in [0.29, 0.717) is 11.4 Å². The molecule has 0 saturated carbocycles. The number of aryl methyl sites for hydroxylation is 1. The number of ether oxygens (including phenoxy) is 1. The van der Waals surface area contributed by atoms with Gasteiger partial charge in [-0.25, -0.2) is 4.79 Å². The van der Waals surface area contributed by atoms with Crippen molar-refractivity contribution >= 4 is 17.3 Å². The summed E-state index contributed by atoms with van der Waals surface area (Å²) in [7, 11) is 0. The number of nitriles is 2. The smallest absolute Gasteiger partial charge is 0.348 e. The van der Waals surface area contributed by atoms with Crippen LogP contribution in [0.1, 0.15) is 41.7 Å². The van der Waals surface area contributed by atoms with E-state index in [1.165, 1.54) is 17.4 Å². The zero-order valence-electron chi connectivity index (χ0n) is 13.7. The molecule has 6 heteroatoms. The lowest BCUT2D eigenvalue weighted by molar-refractivity contribution is 0.00752. The van der Waals surface area contributed by atoms with Crippen molar-refractivity contribution in [3.63, 3.8) is 0 Å². The van der Waals surface area contributed by atoms with Crippen LogP contribution in [0.2, 0.25) is 0 Å². The van der Waals surface area contributed by atoms with Gasteiger partial charge in [-0.15, -0.1) is 11.3 Å². The van der Waals surface area contributed by atoms with E-state index in [1.807, 2.05) is 32.9 Å². The monoisotopic (exact) mass is 331 g/mol. The maximum atomic E-state index is 12.0. The maximum Gasteiger partial charge on any atom is 0.348 e. The van der Waals surface area contributed by atoms with Gasteiger partial charge in [0.25, 0.3) is 0 Å². The molecule has 1 heterocycles. The highest BCUT2D eigenvalue weighted by Crippen LogP contribution is 2.21. The third-order valence-electron chi connectivity index (χ3n) is 2.76. The topological polar surface area (TPSA) is 77.1 Å². The Morgan fingerprint density at radius 3 is 2.74 bits per heavy atom. The van der Waals surface area contributed by atoms with E-state index in [1.54, 1.807) is 17.2 Å². The summed E-state index contributed by atoms with van der Waals surface area (Å²) in [6.45, 7) is 6.48. The molecule has 23 heavy (non-hydrogen) atoms. The average molecular weight is 331 g/mol. The van der Waals surface area contributed by atoms with Gasteiger partial charge >= 0.3 is 5.97 Å². The minimum absolute atomic E-state index is 0.256. The van der Waals surface area contributed by atoms with Crippen molar-refractivity contribution < 1.29 is 9.53 Å². The number of hydrogen-bond acceptors (Lipinski definition) is 6. The van der Waals surface area contributed by atoms with Crippen molar-refractivity contribution in [3.05, 3.63) is 34.2 Å². The fourth-order valence-electron chi connectivity index (χ4n) is 1.84. The Hall–Kier alpha value is -2.31. The molecule has 0 aliphatic carbocycles. The second-order valence-electron chi connectivity index (χ2n) is 5.94. The summed E-state index contributed by atoms with van der Waals surface area (Å²) in [5, 5.41) is 17.3. The van der Waals surface area contributed by atoms with E-state index < -0.39 is 5.60 Å².